The molecule has 2 aromatic rings. The van der Waals surface area contributed by atoms with Crippen molar-refractivity contribution in [1.29, 1.82) is 0 Å². The normalized spacial score (nSPS) is 12.6. The maximum atomic E-state index is 5.90. The van der Waals surface area contributed by atoms with Crippen LogP contribution in [-0.4, -0.2) is 6.54 Å². The first kappa shape index (κ1) is 12.7. The van der Waals surface area contributed by atoms with E-state index in [0.29, 0.717) is 11.8 Å². The first-order valence-electron chi connectivity index (χ1n) is 5.68. The van der Waals surface area contributed by atoms with Gasteiger partial charge >= 0.3 is 0 Å². The van der Waals surface area contributed by atoms with Gasteiger partial charge in [0.25, 0.3) is 0 Å². The molecule has 0 spiro atoms. The van der Waals surface area contributed by atoms with Gasteiger partial charge in [0.1, 0.15) is 0 Å². The van der Waals surface area contributed by atoms with Gasteiger partial charge in [0.05, 0.1) is 5.25 Å². The summed E-state index contributed by atoms with van der Waals surface area (Å²) < 4.78 is 0. The Kier molecular flexibility index (Phi) is 4.26. The Balaban J connectivity index is 2.16. The number of benzene rings is 1. The zero-order valence-corrected chi connectivity index (χ0v) is 11.8. The van der Waals surface area contributed by atoms with Crippen LogP contribution in [0.1, 0.15) is 21.3 Å². The summed E-state index contributed by atoms with van der Waals surface area (Å²) in [6.07, 6.45) is 0. The lowest BCUT2D eigenvalue weighted by Crippen LogP contribution is -2.08. The molecule has 1 heterocycles. The van der Waals surface area contributed by atoms with Crippen LogP contribution < -0.4 is 5.73 Å². The summed E-state index contributed by atoms with van der Waals surface area (Å²) in [7, 11) is 0. The largest absolute Gasteiger partial charge is 0.329 e. The highest BCUT2D eigenvalue weighted by Crippen LogP contribution is 2.38. The fourth-order valence-electron chi connectivity index (χ4n) is 1.70. The molecular formula is C14H17NS2. The predicted molar refractivity (Wildman–Crippen MR) is 77.9 cm³/mol. The SMILES string of the molecule is Cc1ccc(SC(CN)c2sccc2C)cc1. The van der Waals surface area contributed by atoms with Gasteiger partial charge in [-0.15, -0.1) is 23.1 Å². The molecule has 1 aromatic carbocycles. The van der Waals surface area contributed by atoms with E-state index in [1.165, 1.54) is 20.9 Å². The van der Waals surface area contributed by atoms with Crippen molar-refractivity contribution in [2.24, 2.45) is 5.73 Å². The van der Waals surface area contributed by atoms with Gasteiger partial charge in [0.15, 0.2) is 0 Å². The van der Waals surface area contributed by atoms with Crippen LogP contribution in [0.25, 0.3) is 0 Å². The Morgan fingerprint density at radius 2 is 1.88 bits per heavy atom. The van der Waals surface area contributed by atoms with Crippen LogP contribution in [0.5, 0.6) is 0 Å². The smallest absolute Gasteiger partial charge is 0.0563 e. The van der Waals surface area contributed by atoms with Crippen molar-refractivity contribution >= 4 is 23.1 Å². The van der Waals surface area contributed by atoms with Crippen LogP contribution in [0, 0.1) is 13.8 Å². The van der Waals surface area contributed by atoms with Gasteiger partial charge in [-0.2, -0.15) is 0 Å². The molecule has 0 amide bonds. The number of thiophene rings is 1. The molecule has 1 nitrogen and oxygen atoms in total. The summed E-state index contributed by atoms with van der Waals surface area (Å²) in [5, 5.41) is 2.51. The third-order valence-electron chi connectivity index (χ3n) is 2.71. The zero-order valence-electron chi connectivity index (χ0n) is 10.1. The third-order valence-corrected chi connectivity index (χ3v) is 5.25. The molecule has 1 atom stereocenters. The minimum atomic E-state index is 0.373. The molecule has 0 aliphatic heterocycles. The average Bonchev–Trinajstić information content (AvgIpc) is 2.75. The molecule has 2 rings (SSSR count). The number of hydrogen-bond donors (Lipinski definition) is 1. The monoisotopic (exact) mass is 263 g/mol. The molecule has 0 bridgehead atoms. The van der Waals surface area contributed by atoms with Gasteiger partial charge in [-0.1, -0.05) is 17.7 Å². The summed E-state index contributed by atoms with van der Waals surface area (Å²) in [5.41, 5.74) is 8.55. The molecule has 0 aliphatic rings. The highest BCUT2D eigenvalue weighted by Gasteiger charge is 2.14. The average molecular weight is 263 g/mol. The maximum Gasteiger partial charge on any atom is 0.0563 e. The molecule has 17 heavy (non-hydrogen) atoms. The Morgan fingerprint density at radius 3 is 2.41 bits per heavy atom. The second-order valence-corrected chi connectivity index (χ2v) is 6.35. The third kappa shape index (κ3) is 3.12. The minimum absolute atomic E-state index is 0.373. The topological polar surface area (TPSA) is 26.0 Å². The number of thioether (sulfide) groups is 1. The Bertz CT molecular complexity index is 473. The lowest BCUT2D eigenvalue weighted by atomic mass is 10.2. The molecule has 90 valence electrons. The van der Waals surface area contributed by atoms with Crippen LogP contribution in [0.3, 0.4) is 0 Å². The van der Waals surface area contributed by atoms with Gasteiger partial charge in [-0.3, -0.25) is 0 Å². The van der Waals surface area contributed by atoms with Crippen LogP contribution in [0.15, 0.2) is 40.6 Å². The number of hydrogen-bond acceptors (Lipinski definition) is 3. The van der Waals surface area contributed by atoms with Gasteiger partial charge < -0.3 is 5.73 Å². The molecule has 0 saturated carbocycles. The summed E-state index contributed by atoms with van der Waals surface area (Å²) in [5.74, 6) is 0. The standard InChI is InChI=1S/C14H17NS2/c1-10-3-5-12(6-4-10)17-13(9-15)14-11(2)7-8-16-14/h3-8,13H,9,15H2,1-2H3. The van der Waals surface area contributed by atoms with E-state index < -0.39 is 0 Å². The van der Waals surface area contributed by atoms with E-state index in [-0.39, 0.29) is 0 Å². The van der Waals surface area contributed by atoms with Crippen molar-refractivity contribution < 1.29 is 0 Å². The Labute approximate surface area is 111 Å². The molecule has 0 fully saturated rings. The highest BCUT2D eigenvalue weighted by molar-refractivity contribution is 7.99. The molecule has 1 unspecified atom stereocenters. The summed E-state index contributed by atoms with van der Waals surface area (Å²) in [4.78, 5) is 2.69. The van der Waals surface area contributed by atoms with Crippen molar-refractivity contribution in [3.8, 4) is 0 Å². The Morgan fingerprint density at radius 1 is 1.18 bits per heavy atom. The minimum Gasteiger partial charge on any atom is -0.329 e. The molecule has 0 saturated heterocycles. The van der Waals surface area contributed by atoms with Gasteiger partial charge in [-0.05, 0) is 43.0 Å². The molecule has 0 radical (unpaired) electrons. The van der Waals surface area contributed by atoms with E-state index in [1.54, 1.807) is 11.3 Å². The van der Waals surface area contributed by atoms with Crippen LogP contribution in [-0.2, 0) is 0 Å². The van der Waals surface area contributed by atoms with E-state index >= 15 is 0 Å². The van der Waals surface area contributed by atoms with Gasteiger partial charge in [0, 0.05) is 16.3 Å². The molecule has 2 N–H and O–H groups in total. The molecular weight excluding hydrogens is 246 g/mol. The fourth-order valence-corrected chi connectivity index (χ4v) is 3.95. The summed E-state index contributed by atoms with van der Waals surface area (Å²) in [6, 6.07) is 10.8. The Hall–Kier alpha value is -0.770. The zero-order chi connectivity index (χ0) is 12.3. The van der Waals surface area contributed by atoms with Crippen molar-refractivity contribution in [3.05, 3.63) is 51.7 Å². The lowest BCUT2D eigenvalue weighted by molar-refractivity contribution is 0.952. The second kappa shape index (κ2) is 5.71. The second-order valence-electron chi connectivity index (χ2n) is 4.12. The predicted octanol–water partition coefficient (Wildman–Crippen LogP) is 4.16. The fraction of sp³-hybridized carbons (Fsp3) is 0.286. The van der Waals surface area contributed by atoms with Gasteiger partial charge in [0.2, 0.25) is 0 Å². The van der Waals surface area contributed by atoms with Crippen LogP contribution in [0.4, 0.5) is 0 Å². The summed E-state index contributed by atoms with van der Waals surface area (Å²) in [6.45, 7) is 4.95. The van der Waals surface area contributed by atoms with Crippen LogP contribution >= 0.6 is 23.1 Å². The maximum absolute atomic E-state index is 5.90. The first-order valence-corrected chi connectivity index (χ1v) is 7.44. The van der Waals surface area contributed by atoms with E-state index in [2.05, 4.69) is 49.6 Å². The van der Waals surface area contributed by atoms with Crippen LogP contribution in [0.2, 0.25) is 0 Å². The van der Waals surface area contributed by atoms with Crippen molar-refractivity contribution in [2.75, 3.05) is 6.54 Å². The highest BCUT2D eigenvalue weighted by atomic mass is 32.2. The first-order chi connectivity index (χ1) is 8.20. The molecule has 0 aliphatic carbocycles. The van der Waals surface area contributed by atoms with Gasteiger partial charge in [-0.25, -0.2) is 0 Å². The van der Waals surface area contributed by atoms with E-state index in [9.17, 15) is 0 Å². The number of nitrogens with two attached hydrogens (primary N) is 1. The van der Waals surface area contributed by atoms with E-state index in [4.69, 9.17) is 5.73 Å². The summed E-state index contributed by atoms with van der Waals surface area (Å²) >= 11 is 3.66. The quantitative estimate of drug-likeness (QED) is 0.838. The van der Waals surface area contributed by atoms with E-state index in [1.807, 2.05) is 11.8 Å². The molecule has 1 aromatic heterocycles. The van der Waals surface area contributed by atoms with Crippen molar-refractivity contribution in [1.82, 2.24) is 0 Å². The van der Waals surface area contributed by atoms with Crippen molar-refractivity contribution in [2.45, 2.75) is 24.0 Å². The molecule has 3 heteroatoms. The lowest BCUT2D eigenvalue weighted by Gasteiger charge is -2.14. The number of rotatable bonds is 4. The van der Waals surface area contributed by atoms with Crippen molar-refractivity contribution in [3.63, 3.8) is 0 Å². The van der Waals surface area contributed by atoms with E-state index in [0.717, 1.165) is 0 Å². The number of aryl methyl sites for hydroxylation is 2.